The number of nitrogens with zero attached hydrogens (tertiary/aromatic N) is 4. The van der Waals surface area contributed by atoms with Crippen molar-refractivity contribution >= 4 is 41.2 Å². The molecule has 2 aromatic carbocycles. The Kier molecular flexibility index (Phi) is 8.20. The first-order chi connectivity index (χ1) is 16.9. The third-order valence-corrected chi connectivity index (χ3v) is 7.17. The van der Waals surface area contributed by atoms with E-state index in [1.807, 2.05) is 54.8 Å². The minimum absolute atomic E-state index is 0.0343. The Hall–Kier alpha value is -2.75. The lowest BCUT2D eigenvalue weighted by atomic mass is 10.0. The van der Waals surface area contributed by atoms with Crippen LogP contribution in [0.25, 0.3) is 0 Å². The van der Waals surface area contributed by atoms with Gasteiger partial charge in [-0.1, -0.05) is 54.1 Å². The highest BCUT2D eigenvalue weighted by atomic mass is 35.5. The number of hydrogen-bond donors (Lipinski definition) is 1. The van der Waals surface area contributed by atoms with Crippen LogP contribution in [0, 0.1) is 0 Å². The Morgan fingerprint density at radius 2 is 1.86 bits per heavy atom. The topological polar surface area (TPSA) is 76.2 Å². The minimum atomic E-state index is -0.619. The number of urea groups is 1. The molecule has 1 N–H and O–H groups in total. The predicted octanol–water partition coefficient (Wildman–Crippen LogP) is 3.03. The number of amides is 4. The third-order valence-electron chi connectivity index (χ3n) is 6.29. The summed E-state index contributed by atoms with van der Waals surface area (Å²) in [5.74, 6) is 0.484. The fraction of sp³-hybridized carbons (Fsp3) is 0.400. The minimum Gasteiger partial charge on any atom is -0.333 e. The largest absolute Gasteiger partial charge is 0.334 e. The molecule has 186 valence electrons. The molecular formula is C25H30ClN5O3S. The summed E-state index contributed by atoms with van der Waals surface area (Å²) >= 11 is 7.80. The normalized spacial score (nSPS) is 20.7. The van der Waals surface area contributed by atoms with Crippen molar-refractivity contribution < 1.29 is 14.4 Å². The Morgan fingerprint density at radius 1 is 1.11 bits per heavy atom. The quantitative estimate of drug-likeness (QED) is 0.613. The average Bonchev–Trinajstić information content (AvgIpc) is 2.83. The summed E-state index contributed by atoms with van der Waals surface area (Å²) in [7, 11) is 1.73. The van der Waals surface area contributed by atoms with Gasteiger partial charge in [0.2, 0.25) is 11.8 Å². The zero-order valence-corrected chi connectivity index (χ0v) is 21.5. The van der Waals surface area contributed by atoms with Gasteiger partial charge in [0.15, 0.2) is 0 Å². The maximum absolute atomic E-state index is 13.5. The molecule has 1 unspecified atom stereocenters. The fourth-order valence-electron chi connectivity index (χ4n) is 4.66. The van der Waals surface area contributed by atoms with Gasteiger partial charge in [0.1, 0.15) is 12.2 Å². The van der Waals surface area contributed by atoms with Crippen LogP contribution in [-0.4, -0.2) is 82.0 Å². The van der Waals surface area contributed by atoms with E-state index in [0.717, 1.165) is 16.9 Å². The van der Waals surface area contributed by atoms with E-state index >= 15 is 0 Å². The molecule has 2 fully saturated rings. The Balaban J connectivity index is 1.60. The van der Waals surface area contributed by atoms with E-state index in [9.17, 15) is 14.4 Å². The molecule has 0 aliphatic carbocycles. The van der Waals surface area contributed by atoms with Crippen LogP contribution in [0.1, 0.15) is 17.5 Å². The first-order valence-corrected chi connectivity index (χ1v) is 13.3. The van der Waals surface area contributed by atoms with Gasteiger partial charge >= 0.3 is 6.03 Å². The second kappa shape index (κ2) is 11.3. The van der Waals surface area contributed by atoms with Crippen LogP contribution < -0.4 is 5.32 Å². The lowest BCUT2D eigenvalue weighted by molar-refractivity contribution is -0.187. The van der Waals surface area contributed by atoms with Crippen LogP contribution in [0.5, 0.6) is 0 Å². The van der Waals surface area contributed by atoms with Crippen LogP contribution in [0.3, 0.4) is 0 Å². The van der Waals surface area contributed by atoms with E-state index in [0.29, 0.717) is 24.5 Å². The summed E-state index contributed by atoms with van der Waals surface area (Å²) in [6, 6.07) is 16.1. The van der Waals surface area contributed by atoms with Gasteiger partial charge in [-0.2, -0.15) is 11.8 Å². The molecule has 2 atom stereocenters. The first kappa shape index (κ1) is 25.3. The molecule has 0 bridgehead atoms. The number of piperazine rings is 1. The summed E-state index contributed by atoms with van der Waals surface area (Å²) in [5.41, 5.74) is 1.88. The number of hydrazine groups is 1. The Bertz CT molecular complexity index is 1070. The fourth-order valence-corrected chi connectivity index (χ4v) is 5.34. The monoisotopic (exact) mass is 515 g/mol. The number of carbonyl (C=O) groups excluding carboxylic acids is 3. The van der Waals surface area contributed by atoms with Crippen molar-refractivity contribution in [3.63, 3.8) is 0 Å². The molecule has 0 aromatic heterocycles. The number of carbonyl (C=O) groups is 3. The molecule has 35 heavy (non-hydrogen) atoms. The first-order valence-electron chi connectivity index (χ1n) is 11.5. The van der Waals surface area contributed by atoms with Crippen LogP contribution in [0.4, 0.5) is 4.79 Å². The van der Waals surface area contributed by atoms with Gasteiger partial charge in [0.25, 0.3) is 0 Å². The van der Waals surface area contributed by atoms with Gasteiger partial charge in [-0.15, -0.1) is 0 Å². The van der Waals surface area contributed by atoms with Crippen LogP contribution in [-0.2, 0) is 22.7 Å². The van der Waals surface area contributed by atoms with Crippen molar-refractivity contribution in [2.75, 3.05) is 32.1 Å². The second-order valence-corrected chi connectivity index (χ2v) is 10.2. The van der Waals surface area contributed by atoms with Gasteiger partial charge in [-0.3, -0.25) is 9.59 Å². The number of likely N-dealkylation sites (N-methyl/N-ethyl adjacent to an activating group) is 1. The second-order valence-electron chi connectivity index (χ2n) is 8.73. The molecule has 10 heteroatoms. The molecule has 4 amide bonds. The number of rotatable bonds is 7. The van der Waals surface area contributed by atoms with E-state index < -0.39 is 12.2 Å². The number of hydrogen-bond acceptors (Lipinski definition) is 5. The number of nitrogens with one attached hydrogen (secondary N) is 1. The van der Waals surface area contributed by atoms with Gasteiger partial charge in [-0.25, -0.2) is 14.8 Å². The molecule has 2 aromatic rings. The molecule has 4 rings (SSSR count). The maximum atomic E-state index is 13.5. The van der Waals surface area contributed by atoms with Crippen molar-refractivity contribution in [1.29, 1.82) is 0 Å². The van der Waals surface area contributed by atoms with Crippen molar-refractivity contribution in [3.05, 3.63) is 70.7 Å². The van der Waals surface area contributed by atoms with Crippen molar-refractivity contribution in [2.45, 2.75) is 31.7 Å². The summed E-state index contributed by atoms with van der Waals surface area (Å²) in [4.78, 5) is 43.4. The Morgan fingerprint density at radius 3 is 2.57 bits per heavy atom. The van der Waals surface area contributed by atoms with E-state index in [1.165, 1.54) is 0 Å². The van der Waals surface area contributed by atoms with Crippen LogP contribution >= 0.6 is 23.4 Å². The van der Waals surface area contributed by atoms with Crippen molar-refractivity contribution in [2.24, 2.45) is 0 Å². The SMILES string of the molecule is CSCC[C@H]1C(=O)N(Cc2cccc(Cl)c2)CC2N1C(=O)CN(C)N2C(=O)NCc1ccccc1. The third kappa shape index (κ3) is 5.74. The van der Waals surface area contributed by atoms with E-state index in [-0.39, 0.29) is 30.9 Å². The summed E-state index contributed by atoms with van der Waals surface area (Å²) in [6.45, 7) is 0.977. The van der Waals surface area contributed by atoms with Gasteiger partial charge in [-0.05, 0) is 41.7 Å². The zero-order chi connectivity index (χ0) is 24.9. The number of thioether (sulfide) groups is 1. The Labute approximate surface area is 215 Å². The number of benzene rings is 2. The molecule has 2 aliphatic rings. The standard InChI is InChI=1S/C25H30ClN5O3S/c1-28-17-23(32)30-21(11-12-35-2)24(33)29(15-19-9-6-10-20(26)13-19)16-22(30)31(28)25(34)27-14-18-7-4-3-5-8-18/h3-10,13,21-22H,11-12,14-17H2,1-2H3,(H,27,34)/t21-,22?/m0/s1. The number of fused-ring (bicyclic) bond motifs is 1. The van der Waals surface area contributed by atoms with E-state index in [1.54, 1.807) is 44.7 Å². The molecule has 2 saturated heterocycles. The predicted molar refractivity (Wildman–Crippen MR) is 137 cm³/mol. The summed E-state index contributed by atoms with van der Waals surface area (Å²) < 4.78 is 0. The lowest BCUT2D eigenvalue weighted by Gasteiger charge is -2.54. The highest BCUT2D eigenvalue weighted by molar-refractivity contribution is 7.98. The van der Waals surface area contributed by atoms with Crippen LogP contribution in [0.15, 0.2) is 54.6 Å². The molecular weight excluding hydrogens is 486 g/mol. The molecule has 8 nitrogen and oxygen atoms in total. The smallest absolute Gasteiger partial charge is 0.333 e. The van der Waals surface area contributed by atoms with Gasteiger partial charge in [0.05, 0.1) is 13.1 Å². The van der Waals surface area contributed by atoms with E-state index in [2.05, 4.69) is 5.32 Å². The zero-order valence-electron chi connectivity index (χ0n) is 19.9. The molecule has 0 spiro atoms. The highest BCUT2D eigenvalue weighted by Gasteiger charge is 2.50. The lowest BCUT2D eigenvalue weighted by Crippen LogP contribution is -2.75. The number of halogens is 1. The maximum Gasteiger partial charge on any atom is 0.334 e. The summed E-state index contributed by atoms with van der Waals surface area (Å²) in [6.07, 6.45) is 1.90. The molecule has 0 saturated carbocycles. The molecule has 2 heterocycles. The van der Waals surface area contributed by atoms with Gasteiger partial charge < -0.3 is 15.1 Å². The molecule has 0 radical (unpaired) electrons. The van der Waals surface area contributed by atoms with Crippen molar-refractivity contribution in [1.82, 2.24) is 25.1 Å². The van der Waals surface area contributed by atoms with Gasteiger partial charge in [0, 0.05) is 25.2 Å². The summed E-state index contributed by atoms with van der Waals surface area (Å²) in [5, 5.41) is 6.79. The van der Waals surface area contributed by atoms with Crippen LogP contribution in [0.2, 0.25) is 5.02 Å². The highest BCUT2D eigenvalue weighted by Crippen LogP contribution is 2.29. The van der Waals surface area contributed by atoms with Crippen molar-refractivity contribution in [3.8, 4) is 0 Å². The average molecular weight is 516 g/mol. The molecule has 2 aliphatic heterocycles. The van der Waals surface area contributed by atoms with E-state index in [4.69, 9.17) is 11.6 Å².